The molecule has 2 heterocycles. The number of hydrogen-bond donors (Lipinski definition) is 2. The second kappa shape index (κ2) is 4.70. The molecule has 1 saturated heterocycles. The SMILES string of the molecule is OB(O)c1cnc(C2CCCOC2)nc1. The first kappa shape index (κ1) is 10.5. The average molecular weight is 208 g/mol. The van der Waals surface area contributed by atoms with Gasteiger partial charge in [0.1, 0.15) is 5.82 Å². The van der Waals surface area contributed by atoms with Crippen molar-refractivity contribution in [3.8, 4) is 0 Å². The highest BCUT2D eigenvalue weighted by atomic mass is 16.5. The monoisotopic (exact) mass is 208 g/mol. The van der Waals surface area contributed by atoms with Crippen LogP contribution in [0.5, 0.6) is 0 Å². The molecule has 1 fully saturated rings. The molecule has 1 aromatic rings. The highest BCUT2D eigenvalue weighted by Crippen LogP contribution is 2.21. The van der Waals surface area contributed by atoms with Gasteiger partial charge in [0, 0.05) is 30.4 Å². The molecule has 0 aromatic carbocycles. The zero-order valence-electron chi connectivity index (χ0n) is 8.33. The zero-order chi connectivity index (χ0) is 10.7. The highest BCUT2D eigenvalue weighted by molar-refractivity contribution is 6.58. The Morgan fingerprint density at radius 3 is 2.60 bits per heavy atom. The lowest BCUT2D eigenvalue weighted by Gasteiger charge is -2.20. The third-order valence-electron chi connectivity index (χ3n) is 2.52. The average Bonchev–Trinajstić information content (AvgIpc) is 2.30. The number of aromatic nitrogens is 2. The second-order valence-corrected chi connectivity index (χ2v) is 3.66. The molecule has 2 N–H and O–H groups in total. The topological polar surface area (TPSA) is 75.5 Å². The van der Waals surface area contributed by atoms with Crippen molar-refractivity contribution in [2.75, 3.05) is 13.2 Å². The molecule has 80 valence electrons. The molecule has 0 saturated carbocycles. The van der Waals surface area contributed by atoms with Crippen LogP contribution in [0.1, 0.15) is 24.6 Å². The van der Waals surface area contributed by atoms with Crippen LogP contribution in [-0.4, -0.2) is 40.3 Å². The number of rotatable bonds is 2. The standard InChI is InChI=1S/C9H13BN2O3/c13-10(14)8-4-11-9(12-5-8)7-2-1-3-15-6-7/h4-5,7,13-14H,1-3,6H2. The summed E-state index contributed by atoms with van der Waals surface area (Å²) in [4.78, 5) is 8.22. The molecule has 0 radical (unpaired) electrons. The van der Waals surface area contributed by atoms with Crippen LogP contribution >= 0.6 is 0 Å². The van der Waals surface area contributed by atoms with Gasteiger partial charge < -0.3 is 14.8 Å². The van der Waals surface area contributed by atoms with E-state index in [1.165, 1.54) is 12.4 Å². The summed E-state index contributed by atoms with van der Waals surface area (Å²) >= 11 is 0. The van der Waals surface area contributed by atoms with E-state index in [1.54, 1.807) is 0 Å². The molecule has 5 nitrogen and oxygen atoms in total. The number of nitrogens with zero attached hydrogens (tertiary/aromatic N) is 2. The minimum atomic E-state index is -1.50. The van der Waals surface area contributed by atoms with E-state index in [0.29, 0.717) is 12.1 Å². The van der Waals surface area contributed by atoms with Crippen molar-refractivity contribution >= 4 is 12.6 Å². The van der Waals surface area contributed by atoms with E-state index in [4.69, 9.17) is 14.8 Å². The highest BCUT2D eigenvalue weighted by Gasteiger charge is 2.19. The van der Waals surface area contributed by atoms with Crippen molar-refractivity contribution in [2.45, 2.75) is 18.8 Å². The van der Waals surface area contributed by atoms with Gasteiger partial charge >= 0.3 is 7.12 Å². The zero-order valence-corrected chi connectivity index (χ0v) is 8.33. The van der Waals surface area contributed by atoms with Gasteiger partial charge in [0.2, 0.25) is 0 Å². The van der Waals surface area contributed by atoms with Gasteiger partial charge in [-0.1, -0.05) is 0 Å². The molecule has 1 unspecified atom stereocenters. The van der Waals surface area contributed by atoms with E-state index in [-0.39, 0.29) is 5.92 Å². The van der Waals surface area contributed by atoms with Gasteiger partial charge in [-0.15, -0.1) is 0 Å². The molecule has 0 spiro atoms. The maximum atomic E-state index is 8.88. The van der Waals surface area contributed by atoms with Gasteiger partial charge in [0.15, 0.2) is 0 Å². The van der Waals surface area contributed by atoms with Crippen LogP contribution < -0.4 is 5.46 Å². The summed E-state index contributed by atoms with van der Waals surface area (Å²) in [6.45, 7) is 1.46. The van der Waals surface area contributed by atoms with Crippen LogP contribution in [0.3, 0.4) is 0 Å². The molecule has 1 aromatic heterocycles. The summed E-state index contributed by atoms with van der Waals surface area (Å²) in [7, 11) is -1.50. The molecule has 6 heteroatoms. The Morgan fingerprint density at radius 2 is 2.07 bits per heavy atom. The lowest BCUT2D eigenvalue weighted by Crippen LogP contribution is -2.31. The predicted octanol–water partition coefficient (Wildman–Crippen LogP) is -0.950. The summed E-state index contributed by atoms with van der Waals surface area (Å²) < 4.78 is 5.34. The first-order chi connectivity index (χ1) is 7.27. The van der Waals surface area contributed by atoms with Crippen molar-refractivity contribution in [1.82, 2.24) is 9.97 Å². The fourth-order valence-electron chi connectivity index (χ4n) is 1.64. The van der Waals surface area contributed by atoms with Crippen LogP contribution in [-0.2, 0) is 4.74 Å². The maximum Gasteiger partial charge on any atom is 0.491 e. The third-order valence-corrected chi connectivity index (χ3v) is 2.52. The number of hydrogen-bond acceptors (Lipinski definition) is 5. The van der Waals surface area contributed by atoms with Crippen LogP contribution in [0.2, 0.25) is 0 Å². The maximum absolute atomic E-state index is 8.88. The first-order valence-electron chi connectivity index (χ1n) is 5.03. The summed E-state index contributed by atoms with van der Waals surface area (Å²) in [6, 6.07) is 0. The van der Waals surface area contributed by atoms with E-state index in [9.17, 15) is 0 Å². The van der Waals surface area contributed by atoms with Crippen molar-refractivity contribution in [2.24, 2.45) is 0 Å². The Hall–Kier alpha value is -0.975. The van der Waals surface area contributed by atoms with Crippen LogP contribution in [0.25, 0.3) is 0 Å². The Balaban J connectivity index is 2.08. The molecule has 1 aliphatic rings. The van der Waals surface area contributed by atoms with Crippen molar-refractivity contribution in [3.05, 3.63) is 18.2 Å². The van der Waals surface area contributed by atoms with E-state index in [2.05, 4.69) is 9.97 Å². The smallest absolute Gasteiger partial charge is 0.423 e. The summed E-state index contributed by atoms with van der Waals surface area (Å²) in [5, 5.41) is 17.8. The molecular formula is C9H13BN2O3. The first-order valence-corrected chi connectivity index (χ1v) is 5.03. The van der Waals surface area contributed by atoms with Gasteiger partial charge in [0.25, 0.3) is 0 Å². The molecule has 0 amide bonds. The van der Waals surface area contributed by atoms with E-state index in [1.807, 2.05) is 0 Å². The van der Waals surface area contributed by atoms with Gasteiger partial charge in [-0.25, -0.2) is 9.97 Å². The molecule has 1 aliphatic heterocycles. The largest absolute Gasteiger partial charge is 0.491 e. The van der Waals surface area contributed by atoms with E-state index in [0.717, 1.165) is 25.3 Å². The summed E-state index contributed by atoms with van der Waals surface area (Å²) in [5.74, 6) is 0.961. The second-order valence-electron chi connectivity index (χ2n) is 3.66. The molecular weight excluding hydrogens is 195 g/mol. The summed E-state index contributed by atoms with van der Waals surface area (Å²) in [6.07, 6.45) is 4.95. The van der Waals surface area contributed by atoms with Crippen molar-refractivity contribution < 1.29 is 14.8 Å². The van der Waals surface area contributed by atoms with Gasteiger partial charge in [0.05, 0.1) is 6.61 Å². The lowest BCUT2D eigenvalue weighted by atomic mass is 9.83. The van der Waals surface area contributed by atoms with Gasteiger partial charge in [-0.3, -0.25) is 0 Å². The van der Waals surface area contributed by atoms with Crippen molar-refractivity contribution in [3.63, 3.8) is 0 Å². The summed E-state index contributed by atoms with van der Waals surface area (Å²) in [5.41, 5.74) is 0.315. The van der Waals surface area contributed by atoms with E-state index < -0.39 is 7.12 Å². The fourth-order valence-corrected chi connectivity index (χ4v) is 1.64. The third kappa shape index (κ3) is 2.53. The van der Waals surface area contributed by atoms with Crippen LogP contribution in [0, 0.1) is 0 Å². The minimum Gasteiger partial charge on any atom is -0.423 e. The Kier molecular flexibility index (Phi) is 3.30. The van der Waals surface area contributed by atoms with Crippen molar-refractivity contribution in [1.29, 1.82) is 0 Å². The van der Waals surface area contributed by atoms with E-state index >= 15 is 0 Å². The molecule has 0 bridgehead atoms. The molecule has 2 rings (SSSR count). The van der Waals surface area contributed by atoms with Gasteiger partial charge in [-0.05, 0) is 12.8 Å². The Bertz CT molecular complexity index is 312. The normalized spacial score (nSPS) is 21.3. The Labute approximate surface area is 88.3 Å². The number of ether oxygens (including phenoxy) is 1. The Morgan fingerprint density at radius 1 is 1.33 bits per heavy atom. The van der Waals surface area contributed by atoms with Crippen LogP contribution in [0.15, 0.2) is 12.4 Å². The molecule has 15 heavy (non-hydrogen) atoms. The molecule has 1 atom stereocenters. The van der Waals surface area contributed by atoms with Gasteiger partial charge in [-0.2, -0.15) is 0 Å². The molecule has 0 aliphatic carbocycles. The quantitative estimate of drug-likeness (QED) is 0.613. The fraction of sp³-hybridized carbons (Fsp3) is 0.556. The minimum absolute atomic E-state index is 0.239. The predicted molar refractivity (Wildman–Crippen MR) is 54.7 cm³/mol. The van der Waals surface area contributed by atoms with Crippen LogP contribution in [0.4, 0.5) is 0 Å². The lowest BCUT2D eigenvalue weighted by molar-refractivity contribution is 0.0780.